The lowest BCUT2D eigenvalue weighted by atomic mass is 10.3. The SMILES string of the molecule is CN(Cc1nccs1)C(=O)Cc1cccs1. The molecular weight excluding hydrogens is 240 g/mol. The molecule has 0 atom stereocenters. The first-order valence-corrected chi connectivity index (χ1v) is 6.66. The van der Waals surface area contributed by atoms with Crippen molar-refractivity contribution in [2.24, 2.45) is 0 Å². The maximum atomic E-state index is 11.8. The lowest BCUT2D eigenvalue weighted by Gasteiger charge is -2.14. The number of hydrogen-bond acceptors (Lipinski definition) is 4. The van der Waals surface area contributed by atoms with Crippen molar-refractivity contribution >= 4 is 28.6 Å². The van der Waals surface area contributed by atoms with Crippen molar-refractivity contribution in [3.63, 3.8) is 0 Å². The van der Waals surface area contributed by atoms with Gasteiger partial charge in [-0.1, -0.05) is 6.07 Å². The van der Waals surface area contributed by atoms with Crippen LogP contribution in [0.15, 0.2) is 29.1 Å². The number of thiophene rings is 1. The quantitative estimate of drug-likeness (QED) is 0.837. The van der Waals surface area contributed by atoms with Gasteiger partial charge in [-0.25, -0.2) is 4.98 Å². The summed E-state index contributed by atoms with van der Waals surface area (Å²) < 4.78 is 0. The minimum atomic E-state index is 0.137. The molecular formula is C11H12N2OS2. The maximum Gasteiger partial charge on any atom is 0.227 e. The highest BCUT2D eigenvalue weighted by atomic mass is 32.1. The summed E-state index contributed by atoms with van der Waals surface area (Å²) in [6.07, 6.45) is 2.25. The van der Waals surface area contributed by atoms with Crippen molar-refractivity contribution in [3.8, 4) is 0 Å². The van der Waals surface area contributed by atoms with E-state index in [4.69, 9.17) is 0 Å². The van der Waals surface area contributed by atoms with E-state index in [9.17, 15) is 4.79 Å². The molecule has 0 bridgehead atoms. The summed E-state index contributed by atoms with van der Waals surface area (Å²) in [4.78, 5) is 18.8. The van der Waals surface area contributed by atoms with Crippen molar-refractivity contribution in [1.29, 1.82) is 0 Å². The van der Waals surface area contributed by atoms with Crippen molar-refractivity contribution in [2.75, 3.05) is 7.05 Å². The van der Waals surface area contributed by atoms with E-state index in [2.05, 4.69) is 4.98 Å². The molecule has 0 fully saturated rings. The van der Waals surface area contributed by atoms with E-state index in [1.54, 1.807) is 33.8 Å². The van der Waals surface area contributed by atoms with Gasteiger partial charge in [-0.05, 0) is 11.4 Å². The fourth-order valence-corrected chi connectivity index (χ4v) is 2.68. The summed E-state index contributed by atoms with van der Waals surface area (Å²) in [5.74, 6) is 0.137. The van der Waals surface area contributed by atoms with Gasteiger partial charge in [-0.2, -0.15) is 0 Å². The molecule has 16 heavy (non-hydrogen) atoms. The van der Waals surface area contributed by atoms with E-state index in [-0.39, 0.29) is 5.91 Å². The average molecular weight is 252 g/mol. The molecule has 0 aliphatic carbocycles. The van der Waals surface area contributed by atoms with Gasteiger partial charge < -0.3 is 4.90 Å². The van der Waals surface area contributed by atoms with Gasteiger partial charge in [-0.15, -0.1) is 22.7 Å². The van der Waals surface area contributed by atoms with Crippen molar-refractivity contribution in [2.45, 2.75) is 13.0 Å². The number of hydrogen-bond donors (Lipinski definition) is 0. The van der Waals surface area contributed by atoms with E-state index >= 15 is 0 Å². The van der Waals surface area contributed by atoms with Crippen LogP contribution >= 0.6 is 22.7 Å². The minimum absolute atomic E-state index is 0.137. The molecule has 0 unspecified atom stereocenters. The highest BCUT2D eigenvalue weighted by molar-refractivity contribution is 7.10. The van der Waals surface area contributed by atoms with Crippen molar-refractivity contribution < 1.29 is 4.79 Å². The molecule has 0 spiro atoms. The Balaban J connectivity index is 1.90. The minimum Gasteiger partial charge on any atom is -0.339 e. The smallest absolute Gasteiger partial charge is 0.227 e. The molecule has 3 nitrogen and oxygen atoms in total. The Morgan fingerprint density at radius 3 is 2.94 bits per heavy atom. The van der Waals surface area contributed by atoms with Gasteiger partial charge in [-0.3, -0.25) is 4.79 Å². The summed E-state index contributed by atoms with van der Waals surface area (Å²) in [7, 11) is 1.82. The number of nitrogens with zero attached hydrogens (tertiary/aromatic N) is 2. The van der Waals surface area contributed by atoms with Crippen LogP contribution < -0.4 is 0 Å². The van der Waals surface area contributed by atoms with Gasteiger partial charge in [0.25, 0.3) is 0 Å². The highest BCUT2D eigenvalue weighted by Gasteiger charge is 2.11. The highest BCUT2D eigenvalue weighted by Crippen LogP contribution is 2.12. The molecule has 2 aromatic rings. The van der Waals surface area contributed by atoms with Gasteiger partial charge in [0.2, 0.25) is 5.91 Å². The van der Waals surface area contributed by atoms with Gasteiger partial charge in [0.15, 0.2) is 0 Å². The number of carbonyl (C=O) groups excluding carboxylic acids is 1. The van der Waals surface area contributed by atoms with Crippen molar-refractivity contribution in [1.82, 2.24) is 9.88 Å². The predicted molar refractivity (Wildman–Crippen MR) is 66.6 cm³/mol. The molecule has 0 saturated heterocycles. The average Bonchev–Trinajstić information content (AvgIpc) is 2.90. The standard InChI is InChI=1S/C11H12N2OS2/c1-13(8-10-12-4-6-16-10)11(14)7-9-3-2-5-15-9/h2-6H,7-8H2,1H3. The maximum absolute atomic E-state index is 11.8. The van der Waals surface area contributed by atoms with E-state index in [1.165, 1.54) is 0 Å². The van der Waals surface area contributed by atoms with Crippen LogP contribution in [0.2, 0.25) is 0 Å². The third-order valence-corrected chi connectivity index (χ3v) is 3.83. The molecule has 0 aromatic carbocycles. The predicted octanol–water partition coefficient (Wildman–Crippen LogP) is 2.41. The van der Waals surface area contributed by atoms with E-state index in [0.717, 1.165) is 9.88 Å². The second kappa shape index (κ2) is 5.23. The number of amides is 1. The second-order valence-electron chi connectivity index (χ2n) is 3.43. The summed E-state index contributed by atoms with van der Waals surface area (Å²) in [6, 6.07) is 3.95. The molecule has 2 heterocycles. The van der Waals surface area contributed by atoms with Crippen LogP contribution in [0.3, 0.4) is 0 Å². The Bertz CT molecular complexity index is 437. The van der Waals surface area contributed by atoms with Gasteiger partial charge >= 0.3 is 0 Å². The third-order valence-electron chi connectivity index (χ3n) is 2.19. The summed E-state index contributed by atoms with van der Waals surface area (Å²) in [5, 5.41) is 4.89. The van der Waals surface area contributed by atoms with Crippen LogP contribution in [0.1, 0.15) is 9.88 Å². The van der Waals surface area contributed by atoms with Gasteiger partial charge in [0.05, 0.1) is 13.0 Å². The summed E-state index contributed by atoms with van der Waals surface area (Å²) >= 11 is 3.19. The number of rotatable bonds is 4. The largest absolute Gasteiger partial charge is 0.339 e. The lowest BCUT2D eigenvalue weighted by molar-refractivity contribution is -0.129. The van der Waals surface area contributed by atoms with Crippen LogP contribution in [0.4, 0.5) is 0 Å². The molecule has 0 N–H and O–H groups in total. The molecule has 0 aliphatic rings. The topological polar surface area (TPSA) is 33.2 Å². The molecule has 2 aromatic heterocycles. The molecule has 2 rings (SSSR count). The first-order valence-electron chi connectivity index (χ1n) is 4.90. The summed E-state index contributed by atoms with van der Waals surface area (Å²) in [5.41, 5.74) is 0. The van der Waals surface area contributed by atoms with Crippen LogP contribution in [0.5, 0.6) is 0 Å². The number of aromatic nitrogens is 1. The first-order chi connectivity index (χ1) is 7.75. The van der Waals surface area contributed by atoms with E-state index in [1.807, 2.05) is 29.9 Å². The van der Waals surface area contributed by atoms with Gasteiger partial charge in [0, 0.05) is 23.5 Å². The Kier molecular flexibility index (Phi) is 3.69. The molecule has 5 heteroatoms. The zero-order valence-electron chi connectivity index (χ0n) is 8.92. The molecule has 84 valence electrons. The van der Waals surface area contributed by atoms with Crippen LogP contribution in [0, 0.1) is 0 Å². The van der Waals surface area contributed by atoms with Crippen molar-refractivity contribution in [3.05, 3.63) is 39.0 Å². The van der Waals surface area contributed by atoms with E-state index < -0.39 is 0 Å². The van der Waals surface area contributed by atoms with Crippen LogP contribution in [-0.4, -0.2) is 22.8 Å². The number of thiazole rings is 1. The Hall–Kier alpha value is -1.20. The molecule has 0 radical (unpaired) electrons. The van der Waals surface area contributed by atoms with Crippen LogP contribution in [0.25, 0.3) is 0 Å². The first kappa shape index (κ1) is 11.3. The zero-order valence-corrected chi connectivity index (χ0v) is 10.6. The Labute approximate surface area is 102 Å². The summed E-state index contributed by atoms with van der Waals surface area (Å²) in [6.45, 7) is 0.599. The molecule has 0 saturated carbocycles. The zero-order chi connectivity index (χ0) is 11.4. The number of carbonyl (C=O) groups is 1. The van der Waals surface area contributed by atoms with Gasteiger partial charge in [0.1, 0.15) is 5.01 Å². The molecule has 0 aliphatic heterocycles. The third kappa shape index (κ3) is 2.90. The second-order valence-corrected chi connectivity index (χ2v) is 5.44. The van der Waals surface area contributed by atoms with E-state index in [0.29, 0.717) is 13.0 Å². The lowest BCUT2D eigenvalue weighted by Crippen LogP contribution is -2.27. The molecule has 1 amide bonds. The Morgan fingerprint density at radius 2 is 2.31 bits per heavy atom. The Morgan fingerprint density at radius 1 is 1.44 bits per heavy atom. The fraction of sp³-hybridized carbons (Fsp3) is 0.273. The fourth-order valence-electron chi connectivity index (χ4n) is 1.32. The normalized spacial score (nSPS) is 10.3. The monoisotopic (exact) mass is 252 g/mol. The van der Waals surface area contributed by atoms with Crippen LogP contribution in [-0.2, 0) is 17.8 Å². The number of likely N-dealkylation sites (N-methyl/N-ethyl adjacent to an activating group) is 1.